The van der Waals surface area contributed by atoms with Gasteiger partial charge in [-0.15, -0.1) is 6.58 Å². The van der Waals surface area contributed by atoms with E-state index in [-0.39, 0.29) is 11.9 Å². The monoisotopic (exact) mass is 168 g/mol. The van der Waals surface area contributed by atoms with Crippen LogP contribution in [-0.4, -0.2) is 18.5 Å². The first-order valence-corrected chi connectivity index (χ1v) is 4.60. The van der Waals surface area contributed by atoms with Gasteiger partial charge in [0, 0.05) is 13.0 Å². The van der Waals surface area contributed by atoms with Crippen molar-refractivity contribution in [3.05, 3.63) is 12.7 Å². The smallest absolute Gasteiger partial charge is 0.161 e. The van der Waals surface area contributed by atoms with Gasteiger partial charge in [0.1, 0.15) is 6.10 Å². The number of hydrogen-bond donors (Lipinski definition) is 0. The number of Topliss-reactive ketones (excluding diaryl/α,β-unsaturated/α-hetero) is 1. The molecule has 0 bridgehead atoms. The fourth-order valence-electron chi connectivity index (χ4n) is 1.41. The van der Waals surface area contributed by atoms with E-state index in [1.165, 1.54) is 0 Å². The topological polar surface area (TPSA) is 26.3 Å². The van der Waals surface area contributed by atoms with E-state index >= 15 is 0 Å². The van der Waals surface area contributed by atoms with E-state index in [2.05, 4.69) is 6.58 Å². The van der Waals surface area contributed by atoms with Crippen LogP contribution in [0.25, 0.3) is 0 Å². The summed E-state index contributed by atoms with van der Waals surface area (Å²) in [5.74, 6) is 0.245. The Balaban J connectivity index is 2.42. The lowest BCUT2D eigenvalue weighted by Gasteiger charge is -2.17. The van der Waals surface area contributed by atoms with Gasteiger partial charge in [0.2, 0.25) is 0 Å². The van der Waals surface area contributed by atoms with Crippen LogP contribution in [0.15, 0.2) is 12.7 Å². The molecule has 0 amide bonds. The predicted molar refractivity (Wildman–Crippen MR) is 48.0 cm³/mol. The summed E-state index contributed by atoms with van der Waals surface area (Å²) in [5.41, 5.74) is 0. The van der Waals surface area contributed by atoms with E-state index < -0.39 is 0 Å². The first-order valence-electron chi connectivity index (χ1n) is 4.60. The average Bonchev–Trinajstić information content (AvgIpc) is 2.05. The minimum Gasteiger partial charge on any atom is -0.370 e. The zero-order chi connectivity index (χ0) is 8.81. The van der Waals surface area contributed by atoms with Crippen LogP contribution in [0.3, 0.4) is 0 Å². The lowest BCUT2D eigenvalue weighted by Crippen LogP contribution is -2.25. The lowest BCUT2D eigenvalue weighted by atomic mass is 10.0. The van der Waals surface area contributed by atoms with Crippen molar-refractivity contribution in [1.29, 1.82) is 0 Å². The predicted octanol–water partition coefficient (Wildman–Crippen LogP) is 2.09. The van der Waals surface area contributed by atoms with Crippen molar-refractivity contribution in [2.45, 2.75) is 38.2 Å². The summed E-state index contributed by atoms with van der Waals surface area (Å²) < 4.78 is 5.41. The zero-order valence-electron chi connectivity index (χ0n) is 7.42. The molecule has 1 aliphatic rings. The summed E-state index contributed by atoms with van der Waals surface area (Å²) in [6, 6.07) is 0. The first-order chi connectivity index (χ1) is 5.84. The van der Waals surface area contributed by atoms with Gasteiger partial charge in [-0.2, -0.15) is 0 Å². The van der Waals surface area contributed by atoms with Crippen LogP contribution in [0, 0.1) is 0 Å². The van der Waals surface area contributed by atoms with E-state index in [4.69, 9.17) is 4.74 Å². The van der Waals surface area contributed by atoms with Crippen LogP contribution in [0.5, 0.6) is 0 Å². The minimum atomic E-state index is -0.206. The fourth-order valence-corrected chi connectivity index (χ4v) is 1.41. The van der Waals surface area contributed by atoms with Gasteiger partial charge in [-0.3, -0.25) is 4.79 Å². The van der Waals surface area contributed by atoms with Crippen LogP contribution in [0.1, 0.15) is 32.1 Å². The van der Waals surface area contributed by atoms with E-state index in [0.29, 0.717) is 12.8 Å². The molecule has 0 saturated carbocycles. The Morgan fingerprint density at radius 3 is 3.08 bits per heavy atom. The minimum absolute atomic E-state index is 0.206. The second kappa shape index (κ2) is 5.09. The van der Waals surface area contributed by atoms with Gasteiger partial charge in [-0.25, -0.2) is 0 Å². The van der Waals surface area contributed by atoms with Gasteiger partial charge in [0.05, 0.1) is 0 Å². The molecule has 0 aromatic heterocycles. The van der Waals surface area contributed by atoms with Gasteiger partial charge in [0.25, 0.3) is 0 Å². The molecule has 1 unspecified atom stereocenters. The Bertz CT molecular complexity index is 163. The molecule has 1 atom stereocenters. The number of rotatable bonds is 2. The SMILES string of the molecule is C=CCC1OCCCCCC1=O. The molecule has 0 radical (unpaired) electrons. The maximum Gasteiger partial charge on any atom is 0.161 e. The Morgan fingerprint density at radius 2 is 2.33 bits per heavy atom. The molecule has 0 spiro atoms. The molecule has 1 rings (SSSR count). The standard InChI is InChI=1S/C10H16O2/c1-2-6-10-9(11)7-4-3-5-8-12-10/h2,10H,1,3-8H2. The van der Waals surface area contributed by atoms with Crippen molar-refractivity contribution in [3.8, 4) is 0 Å². The van der Waals surface area contributed by atoms with Crippen LogP contribution in [0.4, 0.5) is 0 Å². The summed E-state index contributed by atoms with van der Waals surface area (Å²) in [4.78, 5) is 11.4. The van der Waals surface area contributed by atoms with Gasteiger partial charge in [0.15, 0.2) is 5.78 Å². The molecule has 1 fully saturated rings. The van der Waals surface area contributed by atoms with E-state index in [1.54, 1.807) is 6.08 Å². The molecule has 1 saturated heterocycles. The van der Waals surface area contributed by atoms with Gasteiger partial charge in [-0.05, 0) is 19.3 Å². The third-order valence-electron chi connectivity index (χ3n) is 2.13. The number of ether oxygens (including phenoxy) is 1. The molecule has 0 aromatic rings. The van der Waals surface area contributed by atoms with Crippen molar-refractivity contribution < 1.29 is 9.53 Å². The van der Waals surface area contributed by atoms with Gasteiger partial charge in [-0.1, -0.05) is 12.5 Å². The molecule has 2 nitrogen and oxygen atoms in total. The summed E-state index contributed by atoms with van der Waals surface area (Å²) in [6.45, 7) is 4.34. The number of ketones is 1. The Morgan fingerprint density at radius 1 is 1.50 bits per heavy atom. The Labute approximate surface area is 73.6 Å². The van der Waals surface area contributed by atoms with Crippen molar-refractivity contribution in [2.24, 2.45) is 0 Å². The highest BCUT2D eigenvalue weighted by Gasteiger charge is 2.18. The van der Waals surface area contributed by atoms with Crippen molar-refractivity contribution in [3.63, 3.8) is 0 Å². The first kappa shape index (κ1) is 9.46. The quantitative estimate of drug-likeness (QED) is 0.590. The maximum absolute atomic E-state index is 11.4. The molecule has 2 heteroatoms. The maximum atomic E-state index is 11.4. The second-order valence-electron chi connectivity index (χ2n) is 3.16. The lowest BCUT2D eigenvalue weighted by molar-refractivity contribution is -0.131. The van der Waals surface area contributed by atoms with E-state index in [9.17, 15) is 4.79 Å². The largest absolute Gasteiger partial charge is 0.370 e. The van der Waals surface area contributed by atoms with Crippen LogP contribution in [0.2, 0.25) is 0 Å². The summed E-state index contributed by atoms with van der Waals surface area (Å²) in [7, 11) is 0. The third-order valence-corrected chi connectivity index (χ3v) is 2.13. The second-order valence-corrected chi connectivity index (χ2v) is 3.16. The molecular formula is C10H16O2. The van der Waals surface area contributed by atoms with Crippen LogP contribution >= 0.6 is 0 Å². The summed E-state index contributed by atoms with van der Waals surface area (Å²) in [5, 5.41) is 0. The fraction of sp³-hybridized carbons (Fsp3) is 0.700. The van der Waals surface area contributed by atoms with Crippen LogP contribution in [-0.2, 0) is 9.53 Å². The molecule has 0 N–H and O–H groups in total. The van der Waals surface area contributed by atoms with Crippen LogP contribution < -0.4 is 0 Å². The normalized spacial score (nSPS) is 26.0. The Hall–Kier alpha value is -0.630. The third kappa shape index (κ3) is 2.78. The highest BCUT2D eigenvalue weighted by molar-refractivity contribution is 5.83. The van der Waals surface area contributed by atoms with Gasteiger partial charge < -0.3 is 4.74 Å². The summed E-state index contributed by atoms with van der Waals surface area (Å²) in [6.07, 6.45) is 6.12. The molecular weight excluding hydrogens is 152 g/mol. The molecule has 68 valence electrons. The zero-order valence-corrected chi connectivity index (χ0v) is 7.42. The number of carbonyl (C=O) groups excluding carboxylic acids is 1. The molecule has 1 heterocycles. The van der Waals surface area contributed by atoms with E-state index in [1.807, 2.05) is 0 Å². The van der Waals surface area contributed by atoms with E-state index in [0.717, 1.165) is 25.9 Å². The molecule has 12 heavy (non-hydrogen) atoms. The average molecular weight is 168 g/mol. The number of carbonyl (C=O) groups is 1. The molecule has 0 aliphatic carbocycles. The molecule has 1 aliphatic heterocycles. The van der Waals surface area contributed by atoms with Crippen molar-refractivity contribution in [2.75, 3.05) is 6.61 Å². The molecule has 0 aromatic carbocycles. The van der Waals surface area contributed by atoms with Gasteiger partial charge >= 0.3 is 0 Å². The Kier molecular flexibility index (Phi) is 4.01. The highest BCUT2D eigenvalue weighted by atomic mass is 16.5. The van der Waals surface area contributed by atoms with Crippen molar-refractivity contribution >= 4 is 5.78 Å². The highest BCUT2D eigenvalue weighted by Crippen LogP contribution is 2.12. The number of hydrogen-bond acceptors (Lipinski definition) is 2. The van der Waals surface area contributed by atoms with Crippen molar-refractivity contribution in [1.82, 2.24) is 0 Å². The summed E-state index contributed by atoms with van der Waals surface area (Å²) >= 11 is 0.